The molecule has 4 rings (SSSR count). The van der Waals surface area contributed by atoms with Gasteiger partial charge in [0.1, 0.15) is 5.75 Å². The Hall–Kier alpha value is -3.12. The maximum absolute atomic E-state index is 12.2. The highest BCUT2D eigenvalue weighted by Crippen LogP contribution is 2.24. The Morgan fingerprint density at radius 3 is 2.35 bits per heavy atom. The molecule has 2 aromatic carbocycles. The van der Waals surface area contributed by atoms with E-state index in [9.17, 15) is 4.79 Å². The molecule has 1 saturated heterocycles. The van der Waals surface area contributed by atoms with Crippen LogP contribution in [0.5, 0.6) is 5.75 Å². The summed E-state index contributed by atoms with van der Waals surface area (Å²) in [6.07, 6.45) is 4.99. The van der Waals surface area contributed by atoms with Gasteiger partial charge >= 0.3 is 0 Å². The molecule has 0 aliphatic carbocycles. The van der Waals surface area contributed by atoms with Crippen molar-refractivity contribution >= 4 is 29.0 Å². The summed E-state index contributed by atoms with van der Waals surface area (Å²) in [6, 6.07) is 18.6. The maximum Gasteiger partial charge on any atom is 0.262 e. The number of nitrogens with zero attached hydrogens (tertiary/aromatic N) is 3. The summed E-state index contributed by atoms with van der Waals surface area (Å²) in [6.45, 7) is 1.97. The third-order valence-electron chi connectivity index (χ3n) is 5.24. The first-order valence-electron chi connectivity index (χ1n) is 10.6. The van der Waals surface area contributed by atoms with Gasteiger partial charge in [0.05, 0.1) is 10.7 Å². The molecule has 7 heteroatoms. The zero-order valence-electron chi connectivity index (χ0n) is 17.3. The minimum Gasteiger partial charge on any atom is -0.482 e. The standard InChI is InChI=1S/C24H25ClN4O2/c25-20-7-3-4-8-22(20)31-17-24(30)26-19-11-9-18(10-12-19)21-13-14-23(28-27-21)29-15-5-1-2-6-16-29/h3-4,7-14H,1-2,5-6,15-17H2,(H,26,30). The summed E-state index contributed by atoms with van der Waals surface area (Å²) in [5.41, 5.74) is 2.43. The van der Waals surface area contributed by atoms with Crippen LogP contribution in [-0.2, 0) is 4.79 Å². The van der Waals surface area contributed by atoms with Crippen molar-refractivity contribution in [1.29, 1.82) is 0 Å². The summed E-state index contributed by atoms with van der Waals surface area (Å²) < 4.78 is 5.47. The number of nitrogens with one attached hydrogen (secondary N) is 1. The van der Waals surface area contributed by atoms with Crippen LogP contribution in [0.15, 0.2) is 60.7 Å². The van der Waals surface area contributed by atoms with Gasteiger partial charge in [0.25, 0.3) is 5.91 Å². The van der Waals surface area contributed by atoms with E-state index in [4.69, 9.17) is 16.3 Å². The van der Waals surface area contributed by atoms with Crippen LogP contribution in [0, 0.1) is 0 Å². The molecular weight excluding hydrogens is 412 g/mol. The Labute approximate surface area is 187 Å². The first kappa shape index (κ1) is 21.1. The highest BCUT2D eigenvalue weighted by atomic mass is 35.5. The lowest BCUT2D eigenvalue weighted by Gasteiger charge is -2.20. The number of aromatic nitrogens is 2. The van der Waals surface area contributed by atoms with Crippen LogP contribution >= 0.6 is 11.6 Å². The second-order valence-corrected chi connectivity index (χ2v) is 7.93. The zero-order chi connectivity index (χ0) is 21.5. The van der Waals surface area contributed by atoms with E-state index < -0.39 is 0 Å². The number of halogens is 1. The predicted octanol–water partition coefficient (Wildman–Crippen LogP) is 5.19. The lowest BCUT2D eigenvalue weighted by Crippen LogP contribution is -2.25. The number of hydrogen-bond acceptors (Lipinski definition) is 5. The van der Waals surface area contributed by atoms with E-state index >= 15 is 0 Å². The molecule has 160 valence electrons. The Bertz CT molecular complexity index is 1000. The molecule has 31 heavy (non-hydrogen) atoms. The summed E-state index contributed by atoms with van der Waals surface area (Å²) in [5, 5.41) is 12.1. The summed E-state index contributed by atoms with van der Waals surface area (Å²) >= 11 is 6.03. The van der Waals surface area contributed by atoms with Gasteiger partial charge in [-0.15, -0.1) is 10.2 Å². The third kappa shape index (κ3) is 5.73. The SMILES string of the molecule is O=C(COc1ccccc1Cl)Nc1ccc(-c2ccc(N3CCCCCC3)nn2)cc1. The van der Waals surface area contributed by atoms with Gasteiger partial charge in [0, 0.05) is 24.3 Å². The molecule has 0 saturated carbocycles. The van der Waals surface area contributed by atoms with Crippen LogP contribution in [0.2, 0.25) is 5.02 Å². The number of rotatable bonds is 6. The average molecular weight is 437 g/mol. The molecule has 0 atom stereocenters. The molecule has 2 heterocycles. The van der Waals surface area contributed by atoms with Gasteiger partial charge in [-0.3, -0.25) is 4.79 Å². The smallest absolute Gasteiger partial charge is 0.262 e. The van der Waals surface area contributed by atoms with Crippen LogP contribution in [0.3, 0.4) is 0 Å². The van der Waals surface area contributed by atoms with Crippen molar-refractivity contribution in [3.05, 3.63) is 65.7 Å². The average Bonchev–Trinajstić information content (AvgIpc) is 3.09. The van der Waals surface area contributed by atoms with Gasteiger partial charge in [-0.05, 0) is 49.2 Å². The van der Waals surface area contributed by atoms with Crippen molar-refractivity contribution in [1.82, 2.24) is 10.2 Å². The van der Waals surface area contributed by atoms with Crippen LogP contribution in [0.4, 0.5) is 11.5 Å². The van der Waals surface area contributed by atoms with Crippen molar-refractivity contribution in [2.75, 3.05) is 29.9 Å². The quantitative estimate of drug-likeness (QED) is 0.575. The molecule has 3 aromatic rings. The molecule has 1 aliphatic heterocycles. The van der Waals surface area contributed by atoms with Crippen LogP contribution in [-0.4, -0.2) is 35.8 Å². The normalized spacial score (nSPS) is 14.0. The van der Waals surface area contributed by atoms with Crippen molar-refractivity contribution in [2.24, 2.45) is 0 Å². The van der Waals surface area contributed by atoms with Gasteiger partial charge < -0.3 is 15.0 Å². The minimum atomic E-state index is -0.255. The molecule has 0 spiro atoms. The predicted molar refractivity (Wildman–Crippen MR) is 124 cm³/mol. The molecule has 1 amide bonds. The van der Waals surface area contributed by atoms with Crippen molar-refractivity contribution < 1.29 is 9.53 Å². The number of para-hydroxylation sites is 1. The second kappa shape index (κ2) is 10.3. The van der Waals surface area contributed by atoms with Gasteiger partial charge in [-0.1, -0.05) is 48.7 Å². The van der Waals surface area contributed by atoms with Crippen molar-refractivity contribution in [2.45, 2.75) is 25.7 Å². The molecule has 0 bridgehead atoms. The first-order chi connectivity index (χ1) is 15.2. The Morgan fingerprint density at radius 2 is 1.68 bits per heavy atom. The summed E-state index contributed by atoms with van der Waals surface area (Å²) in [5.74, 6) is 1.17. The highest BCUT2D eigenvalue weighted by molar-refractivity contribution is 6.32. The van der Waals surface area contributed by atoms with Gasteiger partial charge in [-0.25, -0.2) is 0 Å². The van der Waals surface area contributed by atoms with E-state index in [2.05, 4.69) is 20.4 Å². The fourth-order valence-electron chi connectivity index (χ4n) is 3.57. The number of anilines is 2. The van der Waals surface area contributed by atoms with Crippen LogP contribution < -0.4 is 15.0 Å². The monoisotopic (exact) mass is 436 g/mol. The second-order valence-electron chi connectivity index (χ2n) is 7.52. The Balaban J connectivity index is 1.33. The number of carbonyl (C=O) groups excluding carboxylic acids is 1. The van der Waals surface area contributed by atoms with Crippen molar-refractivity contribution in [3.63, 3.8) is 0 Å². The fraction of sp³-hybridized carbons (Fsp3) is 0.292. The van der Waals surface area contributed by atoms with Gasteiger partial charge in [0.2, 0.25) is 0 Å². The van der Waals surface area contributed by atoms with E-state index in [1.165, 1.54) is 25.7 Å². The van der Waals surface area contributed by atoms with Crippen LogP contribution in [0.25, 0.3) is 11.3 Å². The molecule has 1 fully saturated rings. The molecule has 1 N–H and O–H groups in total. The lowest BCUT2D eigenvalue weighted by molar-refractivity contribution is -0.118. The fourth-order valence-corrected chi connectivity index (χ4v) is 3.76. The van der Waals surface area contributed by atoms with E-state index in [-0.39, 0.29) is 12.5 Å². The van der Waals surface area contributed by atoms with Crippen LogP contribution in [0.1, 0.15) is 25.7 Å². The molecule has 0 radical (unpaired) electrons. The van der Waals surface area contributed by atoms with E-state index in [1.54, 1.807) is 18.2 Å². The highest BCUT2D eigenvalue weighted by Gasteiger charge is 2.12. The summed E-state index contributed by atoms with van der Waals surface area (Å²) in [7, 11) is 0. The van der Waals surface area contributed by atoms with E-state index in [0.29, 0.717) is 16.5 Å². The number of carbonyl (C=O) groups is 1. The first-order valence-corrected chi connectivity index (χ1v) is 10.9. The largest absolute Gasteiger partial charge is 0.482 e. The van der Waals surface area contributed by atoms with Crippen molar-refractivity contribution in [3.8, 4) is 17.0 Å². The molecule has 1 aliphatic rings. The molecular formula is C24H25ClN4O2. The topological polar surface area (TPSA) is 67.3 Å². The number of benzene rings is 2. The number of hydrogen-bond donors (Lipinski definition) is 1. The molecule has 0 unspecified atom stereocenters. The van der Waals surface area contributed by atoms with E-state index in [1.807, 2.05) is 42.5 Å². The lowest BCUT2D eigenvalue weighted by atomic mass is 10.1. The Kier molecular flexibility index (Phi) is 6.99. The third-order valence-corrected chi connectivity index (χ3v) is 5.55. The number of amides is 1. The molecule has 1 aromatic heterocycles. The summed E-state index contributed by atoms with van der Waals surface area (Å²) in [4.78, 5) is 14.5. The Morgan fingerprint density at radius 1 is 0.935 bits per heavy atom. The van der Waals surface area contributed by atoms with E-state index in [0.717, 1.165) is 30.2 Å². The maximum atomic E-state index is 12.2. The van der Waals surface area contributed by atoms with Gasteiger partial charge in [-0.2, -0.15) is 0 Å². The van der Waals surface area contributed by atoms with Gasteiger partial charge in [0.15, 0.2) is 12.4 Å². The minimum absolute atomic E-state index is 0.116. The zero-order valence-corrected chi connectivity index (χ0v) is 18.0. The number of ether oxygens (including phenoxy) is 1. The molecule has 6 nitrogen and oxygen atoms in total.